The van der Waals surface area contributed by atoms with E-state index in [1.807, 2.05) is 41.5 Å². The van der Waals surface area contributed by atoms with Crippen molar-refractivity contribution in [3.05, 3.63) is 17.5 Å². The number of carbonyl (C=O) groups excluding carboxylic acids is 1. The molecular formula is C16H27N3O3. The summed E-state index contributed by atoms with van der Waals surface area (Å²) in [5.74, 6) is -1.23. The van der Waals surface area contributed by atoms with Crippen LogP contribution in [0.5, 0.6) is 0 Å². The molecule has 0 bridgehead atoms. The number of hydrogen-bond donors (Lipinski definition) is 2. The maximum absolute atomic E-state index is 12.5. The number of aromatic nitrogens is 2. The summed E-state index contributed by atoms with van der Waals surface area (Å²) in [5.41, 5.74) is 0.225. The Balaban J connectivity index is 3.07. The fraction of sp³-hybridized carbons (Fsp3) is 0.688. The standard InChI is InChI=1S/C16H27N3O3/c1-10(2)16(7,8-13(20)21)18-14(22)12-9-17-19(11(12)3)15(4,5)6/h9-10H,8H2,1-7H3,(H,18,22)(H,20,21). The molecule has 1 atom stereocenters. The zero-order valence-corrected chi connectivity index (χ0v) is 14.5. The first-order valence-electron chi connectivity index (χ1n) is 7.48. The van der Waals surface area contributed by atoms with Crippen LogP contribution in [-0.4, -0.2) is 32.3 Å². The number of carboxylic acid groups (broad SMARTS) is 1. The Bertz CT molecular complexity index is 570. The third-order valence-corrected chi connectivity index (χ3v) is 4.08. The van der Waals surface area contributed by atoms with Gasteiger partial charge < -0.3 is 10.4 Å². The molecular weight excluding hydrogens is 282 g/mol. The molecule has 0 radical (unpaired) electrons. The van der Waals surface area contributed by atoms with Crippen molar-refractivity contribution in [3.8, 4) is 0 Å². The molecule has 0 aliphatic carbocycles. The average molecular weight is 309 g/mol. The molecule has 0 saturated heterocycles. The van der Waals surface area contributed by atoms with Gasteiger partial charge in [-0.25, -0.2) is 0 Å². The fourth-order valence-electron chi connectivity index (χ4n) is 2.34. The van der Waals surface area contributed by atoms with Crippen molar-refractivity contribution < 1.29 is 14.7 Å². The topological polar surface area (TPSA) is 84.2 Å². The third-order valence-electron chi connectivity index (χ3n) is 4.08. The molecule has 124 valence electrons. The normalized spacial score (nSPS) is 14.7. The van der Waals surface area contributed by atoms with Crippen molar-refractivity contribution in [1.29, 1.82) is 0 Å². The first-order chi connectivity index (χ1) is 9.88. The molecule has 22 heavy (non-hydrogen) atoms. The van der Waals surface area contributed by atoms with Crippen molar-refractivity contribution in [2.75, 3.05) is 0 Å². The summed E-state index contributed by atoms with van der Waals surface area (Å²) in [4.78, 5) is 23.6. The molecule has 6 heteroatoms. The van der Waals surface area contributed by atoms with Crippen LogP contribution in [-0.2, 0) is 10.3 Å². The summed E-state index contributed by atoms with van der Waals surface area (Å²) < 4.78 is 1.80. The summed E-state index contributed by atoms with van der Waals surface area (Å²) >= 11 is 0. The number of aliphatic carboxylic acids is 1. The van der Waals surface area contributed by atoms with Crippen LogP contribution >= 0.6 is 0 Å². The minimum absolute atomic E-state index is 0.00878. The van der Waals surface area contributed by atoms with Gasteiger partial charge in [-0.1, -0.05) is 13.8 Å². The SMILES string of the molecule is Cc1c(C(=O)NC(C)(CC(=O)O)C(C)C)cnn1C(C)(C)C. The van der Waals surface area contributed by atoms with E-state index in [0.717, 1.165) is 5.69 Å². The van der Waals surface area contributed by atoms with Crippen LogP contribution in [0.25, 0.3) is 0 Å². The Kier molecular flexibility index (Phi) is 5.05. The Hall–Kier alpha value is -1.85. The number of amides is 1. The number of hydrogen-bond acceptors (Lipinski definition) is 3. The molecule has 0 saturated carbocycles. The second kappa shape index (κ2) is 6.10. The van der Waals surface area contributed by atoms with E-state index in [1.54, 1.807) is 11.6 Å². The van der Waals surface area contributed by atoms with Gasteiger partial charge in [-0.2, -0.15) is 5.10 Å². The van der Waals surface area contributed by atoms with Crippen LogP contribution in [0.15, 0.2) is 6.20 Å². The van der Waals surface area contributed by atoms with E-state index in [4.69, 9.17) is 5.11 Å². The minimum atomic E-state index is -0.932. The second-order valence-corrected chi connectivity index (χ2v) is 7.32. The first kappa shape index (κ1) is 18.2. The van der Waals surface area contributed by atoms with E-state index in [9.17, 15) is 9.59 Å². The number of nitrogens with zero attached hydrogens (tertiary/aromatic N) is 2. The van der Waals surface area contributed by atoms with E-state index in [1.165, 1.54) is 6.20 Å². The van der Waals surface area contributed by atoms with Gasteiger partial charge in [-0.05, 0) is 40.5 Å². The summed E-state index contributed by atoms with van der Waals surface area (Å²) in [6.07, 6.45) is 1.42. The van der Waals surface area contributed by atoms with Crippen LogP contribution < -0.4 is 5.32 Å². The Labute approximate surface area is 131 Å². The smallest absolute Gasteiger partial charge is 0.305 e. The van der Waals surface area contributed by atoms with Crippen LogP contribution in [0, 0.1) is 12.8 Å². The van der Waals surface area contributed by atoms with Gasteiger partial charge >= 0.3 is 5.97 Å². The molecule has 1 unspecified atom stereocenters. The van der Waals surface area contributed by atoms with Crippen molar-refractivity contribution in [2.45, 2.75) is 66.0 Å². The predicted molar refractivity (Wildman–Crippen MR) is 84.9 cm³/mol. The minimum Gasteiger partial charge on any atom is -0.481 e. The molecule has 0 spiro atoms. The zero-order chi connectivity index (χ0) is 17.3. The third kappa shape index (κ3) is 3.87. The van der Waals surface area contributed by atoms with Gasteiger partial charge in [0.15, 0.2) is 0 Å². The van der Waals surface area contributed by atoms with Gasteiger partial charge in [0, 0.05) is 5.69 Å². The van der Waals surface area contributed by atoms with Crippen LogP contribution in [0.4, 0.5) is 0 Å². The summed E-state index contributed by atoms with van der Waals surface area (Å²) in [7, 11) is 0. The number of nitrogens with one attached hydrogen (secondary N) is 1. The molecule has 1 rings (SSSR count). The van der Waals surface area contributed by atoms with Crippen LogP contribution in [0.1, 0.15) is 64.0 Å². The van der Waals surface area contributed by atoms with Crippen molar-refractivity contribution in [2.24, 2.45) is 5.92 Å². The lowest BCUT2D eigenvalue weighted by Gasteiger charge is -2.33. The Morgan fingerprint density at radius 2 is 1.86 bits per heavy atom. The van der Waals surface area contributed by atoms with Gasteiger partial charge in [0.05, 0.1) is 29.3 Å². The van der Waals surface area contributed by atoms with Crippen molar-refractivity contribution >= 4 is 11.9 Å². The highest BCUT2D eigenvalue weighted by molar-refractivity contribution is 5.95. The molecule has 1 heterocycles. The summed E-state index contributed by atoms with van der Waals surface area (Å²) in [6, 6.07) is 0. The Morgan fingerprint density at radius 3 is 2.23 bits per heavy atom. The average Bonchev–Trinajstić information content (AvgIpc) is 2.69. The largest absolute Gasteiger partial charge is 0.481 e. The van der Waals surface area contributed by atoms with Crippen LogP contribution in [0.3, 0.4) is 0 Å². The number of carbonyl (C=O) groups is 2. The van der Waals surface area contributed by atoms with E-state index < -0.39 is 11.5 Å². The molecule has 0 aliphatic heterocycles. The lowest BCUT2D eigenvalue weighted by Crippen LogP contribution is -2.51. The van der Waals surface area contributed by atoms with E-state index in [-0.39, 0.29) is 23.8 Å². The van der Waals surface area contributed by atoms with Crippen molar-refractivity contribution in [3.63, 3.8) is 0 Å². The molecule has 1 aromatic rings. The molecule has 0 aromatic carbocycles. The van der Waals surface area contributed by atoms with Crippen molar-refractivity contribution in [1.82, 2.24) is 15.1 Å². The molecule has 1 aromatic heterocycles. The molecule has 6 nitrogen and oxygen atoms in total. The lowest BCUT2D eigenvalue weighted by molar-refractivity contribution is -0.138. The van der Waals surface area contributed by atoms with Gasteiger partial charge in [-0.3, -0.25) is 14.3 Å². The summed E-state index contributed by atoms with van der Waals surface area (Å²) in [5, 5.41) is 16.2. The van der Waals surface area contributed by atoms with Gasteiger partial charge in [-0.15, -0.1) is 0 Å². The van der Waals surface area contributed by atoms with Gasteiger partial charge in [0.2, 0.25) is 0 Å². The molecule has 0 aliphatic rings. The highest BCUT2D eigenvalue weighted by atomic mass is 16.4. The van der Waals surface area contributed by atoms with Gasteiger partial charge in [0.25, 0.3) is 5.91 Å². The molecule has 2 N–H and O–H groups in total. The van der Waals surface area contributed by atoms with E-state index in [2.05, 4.69) is 10.4 Å². The van der Waals surface area contributed by atoms with Gasteiger partial charge in [0.1, 0.15) is 0 Å². The lowest BCUT2D eigenvalue weighted by atomic mass is 9.85. The summed E-state index contributed by atoms with van der Waals surface area (Å²) in [6.45, 7) is 13.4. The quantitative estimate of drug-likeness (QED) is 0.875. The van der Waals surface area contributed by atoms with E-state index in [0.29, 0.717) is 5.56 Å². The maximum atomic E-state index is 12.5. The maximum Gasteiger partial charge on any atom is 0.305 e. The Morgan fingerprint density at radius 1 is 1.32 bits per heavy atom. The monoisotopic (exact) mass is 309 g/mol. The zero-order valence-electron chi connectivity index (χ0n) is 14.5. The second-order valence-electron chi connectivity index (χ2n) is 7.32. The van der Waals surface area contributed by atoms with Crippen LogP contribution in [0.2, 0.25) is 0 Å². The highest BCUT2D eigenvalue weighted by Gasteiger charge is 2.34. The predicted octanol–water partition coefficient (Wildman–Crippen LogP) is 2.57. The molecule has 1 amide bonds. The number of carboxylic acids is 1. The highest BCUT2D eigenvalue weighted by Crippen LogP contribution is 2.23. The number of rotatable bonds is 5. The molecule has 0 fully saturated rings. The first-order valence-corrected chi connectivity index (χ1v) is 7.48. The fourth-order valence-corrected chi connectivity index (χ4v) is 2.34. The van der Waals surface area contributed by atoms with E-state index >= 15 is 0 Å².